The lowest BCUT2D eigenvalue weighted by molar-refractivity contribution is -0.140. The second kappa shape index (κ2) is 9.78. The minimum absolute atomic E-state index is 0.0431. The van der Waals surface area contributed by atoms with Crippen molar-refractivity contribution in [2.75, 3.05) is 20.7 Å². The predicted octanol–water partition coefficient (Wildman–Crippen LogP) is 1.56. The van der Waals surface area contributed by atoms with Gasteiger partial charge in [0.2, 0.25) is 5.91 Å². The van der Waals surface area contributed by atoms with Gasteiger partial charge < -0.3 is 10.1 Å². The number of carbonyl (C=O) groups is 2. The standard InChI is InChI=1S/C14H28N2O3/c1-6-8-11(2)15-14(18)12(3)16(4)10-7-9-13(17)19-5/h11-12H,6-10H2,1-5H3,(H,15,18). The predicted molar refractivity (Wildman–Crippen MR) is 75.9 cm³/mol. The molecule has 2 atom stereocenters. The molecule has 5 nitrogen and oxygen atoms in total. The van der Waals surface area contributed by atoms with Crippen LogP contribution in [0.25, 0.3) is 0 Å². The highest BCUT2D eigenvalue weighted by Gasteiger charge is 2.19. The van der Waals surface area contributed by atoms with Crippen LogP contribution in [0.15, 0.2) is 0 Å². The second-order valence-corrected chi connectivity index (χ2v) is 5.03. The summed E-state index contributed by atoms with van der Waals surface area (Å²) < 4.78 is 4.58. The monoisotopic (exact) mass is 272 g/mol. The Balaban J connectivity index is 3.99. The number of amides is 1. The van der Waals surface area contributed by atoms with E-state index < -0.39 is 0 Å². The number of esters is 1. The van der Waals surface area contributed by atoms with Gasteiger partial charge in [-0.25, -0.2) is 0 Å². The topological polar surface area (TPSA) is 58.6 Å². The number of hydrogen-bond donors (Lipinski definition) is 1. The van der Waals surface area contributed by atoms with Crippen molar-refractivity contribution < 1.29 is 14.3 Å². The third kappa shape index (κ3) is 7.82. The van der Waals surface area contributed by atoms with Crippen molar-refractivity contribution >= 4 is 11.9 Å². The van der Waals surface area contributed by atoms with Crippen LogP contribution in [0.2, 0.25) is 0 Å². The van der Waals surface area contributed by atoms with Crippen molar-refractivity contribution in [2.24, 2.45) is 0 Å². The van der Waals surface area contributed by atoms with Crippen molar-refractivity contribution in [3.05, 3.63) is 0 Å². The molecule has 1 amide bonds. The molecule has 5 heteroatoms. The van der Waals surface area contributed by atoms with Crippen LogP contribution in [0.4, 0.5) is 0 Å². The second-order valence-electron chi connectivity index (χ2n) is 5.03. The van der Waals surface area contributed by atoms with Gasteiger partial charge in [-0.3, -0.25) is 14.5 Å². The molecule has 0 aromatic rings. The summed E-state index contributed by atoms with van der Waals surface area (Å²) in [6.07, 6.45) is 3.14. The Hall–Kier alpha value is -1.10. The maximum Gasteiger partial charge on any atom is 0.305 e. The van der Waals surface area contributed by atoms with Gasteiger partial charge in [0.15, 0.2) is 0 Å². The molecule has 0 aliphatic carbocycles. The van der Waals surface area contributed by atoms with Crippen molar-refractivity contribution in [1.29, 1.82) is 0 Å². The Labute approximate surface area is 116 Å². The molecule has 0 saturated carbocycles. The lowest BCUT2D eigenvalue weighted by Crippen LogP contribution is -2.46. The van der Waals surface area contributed by atoms with Crippen molar-refractivity contribution in [1.82, 2.24) is 10.2 Å². The van der Waals surface area contributed by atoms with E-state index in [9.17, 15) is 9.59 Å². The fourth-order valence-corrected chi connectivity index (χ4v) is 1.84. The van der Waals surface area contributed by atoms with E-state index in [0.29, 0.717) is 19.4 Å². The average molecular weight is 272 g/mol. The van der Waals surface area contributed by atoms with Gasteiger partial charge >= 0.3 is 5.97 Å². The van der Waals surface area contributed by atoms with Gasteiger partial charge in [0.1, 0.15) is 0 Å². The molecular formula is C14H28N2O3. The van der Waals surface area contributed by atoms with Crippen LogP contribution in [0.1, 0.15) is 46.5 Å². The molecule has 0 aromatic heterocycles. The SMILES string of the molecule is CCCC(C)NC(=O)C(C)N(C)CCCC(=O)OC. The lowest BCUT2D eigenvalue weighted by atomic mass is 10.1. The number of hydrogen-bond acceptors (Lipinski definition) is 4. The Morgan fingerprint density at radius 1 is 1.32 bits per heavy atom. The zero-order valence-electron chi connectivity index (χ0n) is 12.9. The number of carbonyl (C=O) groups excluding carboxylic acids is 2. The number of nitrogens with zero attached hydrogens (tertiary/aromatic N) is 1. The first-order valence-electron chi connectivity index (χ1n) is 6.99. The molecule has 0 aliphatic heterocycles. The van der Waals surface area contributed by atoms with E-state index in [4.69, 9.17) is 0 Å². The summed E-state index contributed by atoms with van der Waals surface area (Å²) >= 11 is 0. The zero-order valence-corrected chi connectivity index (χ0v) is 12.9. The quantitative estimate of drug-likeness (QED) is 0.647. The van der Waals surface area contributed by atoms with Crippen LogP contribution in [0.3, 0.4) is 0 Å². The highest BCUT2D eigenvalue weighted by molar-refractivity contribution is 5.81. The summed E-state index contributed by atoms with van der Waals surface area (Å²) in [5, 5.41) is 3.00. The van der Waals surface area contributed by atoms with Crippen molar-refractivity contribution in [3.8, 4) is 0 Å². The van der Waals surface area contributed by atoms with Crippen LogP contribution in [0, 0.1) is 0 Å². The summed E-state index contributed by atoms with van der Waals surface area (Å²) in [4.78, 5) is 24.9. The summed E-state index contributed by atoms with van der Waals surface area (Å²) in [5.41, 5.74) is 0. The van der Waals surface area contributed by atoms with Crippen LogP contribution in [-0.4, -0.2) is 49.6 Å². The fourth-order valence-electron chi connectivity index (χ4n) is 1.84. The Morgan fingerprint density at radius 3 is 2.47 bits per heavy atom. The van der Waals surface area contributed by atoms with E-state index in [-0.39, 0.29) is 24.0 Å². The molecule has 0 rings (SSSR count). The molecule has 1 N–H and O–H groups in total. The van der Waals surface area contributed by atoms with Gasteiger partial charge in [-0.15, -0.1) is 0 Å². The maximum atomic E-state index is 12.0. The van der Waals surface area contributed by atoms with Crippen LogP contribution in [-0.2, 0) is 14.3 Å². The third-order valence-electron chi connectivity index (χ3n) is 3.27. The fraction of sp³-hybridized carbons (Fsp3) is 0.857. The van der Waals surface area contributed by atoms with Crippen molar-refractivity contribution in [3.63, 3.8) is 0 Å². The van der Waals surface area contributed by atoms with Crippen molar-refractivity contribution in [2.45, 2.75) is 58.5 Å². The number of likely N-dealkylation sites (N-methyl/N-ethyl adjacent to an activating group) is 1. The summed E-state index contributed by atoms with van der Waals surface area (Å²) in [5.74, 6) is -0.163. The Morgan fingerprint density at radius 2 is 1.95 bits per heavy atom. The summed E-state index contributed by atoms with van der Waals surface area (Å²) in [6.45, 7) is 6.70. The van der Waals surface area contributed by atoms with Gasteiger partial charge in [0.25, 0.3) is 0 Å². The smallest absolute Gasteiger partial charge is 0.305 e. The molecule has 112 valence electrons. The number of nitrogens with one attached hydrogen (secondary N) is 1. The average Bonchev–Trinajstić information content (AvgIpc) is 2.37. The van der Waals surface area contributed by atoms with Gasteiger partial charge in [0, 0.05) is 12.5 Å². The molecule has 0 aliphatic rings. The first kappa shape index (κ1) is 17.9. The first-order valence-corrected chi connectivity index (χ1v) is 6.99. The minimum atomic E-state index is -0.206. The summed E-state index contributed by atoms with van der Waals surface area (Å²) in [6, 6.07) is 0.0281. The number of rotatable bonds is 9. The van der Waals surface area contributed by atoms with Crippen LogP contribution < -0.4 is 5.32 Å². The highest BCUT2D eigenvalue weighted by Crippen LogP contribution is 2.02. The molecule has 0 fully saturated rings. The third-order valence-corrected chi connectivity index (χ3v) is 3.27. The minimum Gasteiger partial charge on any atom is -0.469 e. The molecule has 0 bridgehead atoms. The summed E-state index contributed by atoms with van der Waals surface area (Å²) in [7, 11) is 3.28. The molecule has 0 saturated heterocycles. The largest absolute Gasteiger partial charge is 0.469 e. The molecule has 19 heavy (non-hydrogen) atoms. The molecule has 0 radical (unpaired) electrons. The number of methoxy groups -OCH3 is 1. The molecule has 2 unspecified atom stereocenters. The molecule has 0 spiro atoms. The van der Waals surface area contributed by atoms with E-state index in [1.807, 2.05) is 25.8 Å². The maximum absolute atomic E-state index is 12.0. The van der Waals surface area contributed by atoms with Gasteiger partial charge in [0.05, 0.1) is 13.2 Å². The lowest BCUT2D eigenvalue weighted by Gasteiger charge is -2.25. The van der Waals surface area contributed by atoms with E-state index in [1.165, 1.54) is 7.11 Å². The normalized spacial score (nSPS) is 14.0. The Bertz CT molecular complexity index is 282. The van der Waals surface area contributed by atoms with Crippen LogP contribution >= 0.6 is 0 Å². The molecular weight excluding hydrogens is 244 g/mol. The number of ether oxygens (including phenoxy) is 1. The zero-order chi connectivity index (χ0) is 14.8. The van der Waals surface area contributed by atoms with Gasteiger partial charge in [-0.1, -0.05) is 13.3 Å². The highest BCUT2D eigenvalue weighted by atomic mass is 16.5. The molecule has 0 heterocycles. The van der Waals surface area contributed by atoms with E-state index >= 15 is 0 Å². The van der Waals surface area contributed by atoms with Crippen LogP contribution in [0.5, 0.6) is 0 Å². The van der Waals surface area contributed by atoms with E-state index in [0.717, 1.165) is 12.8 Å². The molecule has 0 aromatic carbocycles. The first-order chi connectivity index (χ1) is 8.92. The van der Waals surface area contributed by atoms with E-state index in [2.05, 4.69) is 17.0 Å². The van der Waals surface area contributed by atoms with Gasteiger partial charge in [-0.05, 0) is 40.3 Å². The van der Waals surface area contributed by atoms with Gasteiger partial charge in [-0.2, -0.15) is 0 Å². The van der Waals surface area contributed by atoms with E-state index in [1.54, 1.807) is 0 Å². The Kier molecular flexibility index (Phi) is 9.21.